The van der Waals surface area contributed by atoms with Crippen molar-refractivity contribution in [1.29, 1.82) is 0 Å². The molecule has 3 rings (SSSR count). The van der Waals surface area contributed by atoms with Crippen molar-refractivity contribution in [2.24, 2.45) is 0 Å². The van der Waals surface area contributed by atoms with Crippen LogP contribution in [0.15, 0.2) is 42.5 Å². The predicted octanol–water partition coefficient (Wildman–Crippen LogP) is 3.85. The maximum absolute atomic E-state index is 13.2. The first-order valence-electron chi connectivity index (χ1n) is 10.4. The van der Waals surface area contributed by atoms with Gasteiger partial charge in [-0.05, 0) is 67.5 Å². The van der Waals surface area contributed by atoms with Crippen molar-refractivity contribution in [1.82, 2.24) is 5.32 Å². The molecule has 2 amide bonds. The van der Waals surface area contributed by atoms with E-state index in [9.17, 15) is 14.4 Å². The third-order valence-corrected chi connectivity index (χ3v) is 5.47. The molecule has 1 aliphatic rings. The predicted molar refractivity (Wildman–Crippen MR) is 116 cm³/mol. The molecule has 30 heavy (non-hydrogen) atoms. The maximum Gasteiger partial charge on any atom is 0.303 e. The SMILES string of the molecule is Cc1cc(C(=O)N2CCCCc3ccccc32)ccc1CNC(=O)CCCC(=O)O. The van der Waals surface area contributed by atoms with Crippen LogP contribution >= 0.6 is 0 Å². The number of hydrogen-bond donors (Lipinski definition) is 2. The van der Waals surface area contributed by atoms with E-state index >= 15 is 0 Å². The van der Waals surface area contributed by atoms with Crippen molar-refractivity contribution in [3.63, 3.8) is 0 Å². The molecule has 0 saturated carbocycles. The molecule has 2 N–H and O–H groups in total. The monoisotopic (exact) mass is 408 g/mol. The Morgan fingerprint density at radius 3 is 2.63 bits per heavy atom. The summed E-state index contributed by atoms with van der Waals surface area (Å²) in [6.45, 7) is 3.00. The Labute approximate surface area is 176 Å². The van der Waals surface area contributed by atoms with Gasteiger partial charge in [-0.25, -0.2) is 0 Å². The molecule has 0 bridgehead atoms. The Morgan fingerprint density at radius 1 is 1.07 bits per heavy atom. The van der Waals surface area contributed by atoms with Crippen LogP contribution in [0, 0.1) is 6.92 Å². The standard InChI is InChI=1S/C24H28N2O4/c1-17-15-19(12-13-20(17)16-25-22(27)10-6-11-23(28)29)24(30)26-14-5-4-8-18-7-2-3-9-21(18)26/h2-3,7,9,12-13,15H,4-6,8,10-11,14,16H2,1H3,(H,25,27)(H,28,29). The van der Waals surface area contributed by atoms with Gasteiger partial charge >= 0.3 is 5.97 Å². The zero-order valence-corrected chi connectivity index (χ0v) is 17.3. The fourth-order valence-corrected chi connectivity index (χ4v) is 3.77. The van der Waals surface area contributed by atoms with Gasteiger partial charge in [-0.3, -0.25) is 14.4 Å². The molecule has 0 aromatic heterocycles. The van der Waals surface area contributed by atoms with Crippen molar-refractivity contribution in [3.05, 3.63) is 64.7 Å². The number of rotatable bonds is 7. The van der Waals surface area contributed by atoms with Crippen molar-refractivity contribution in [2.75, 3.05) is 11.4 Å². The number of para-hydroxylation sites is 1. The number of amides is 2. The Balaban J connectivity index is 1.66. The van der Waals surface area contributed by atoms with Gasteiger partial charge in [0.15, 0.2) is 0 Å². The van der Waals surface area contributed by atoms with Crippen LogP contribution in [0.4, 0.5) is 5.69 Å². The minimum atomic E-state index is -0.897. The normalized spacial score (nSPS) is 13.3. The lowest BCUT2D eigenvalue weighted by Gasteiger charge is -2.23. The van der Waals surface area contributed by atoms with E-state index in [0.29, 0.717) is 25.1 Å². The average molecular weight is 408 g/mol. The van der Waals surface area contributed by atoms with E-state index in [1.807, 2.05) is 48.2 Å². The first-order chi connectivity index (χ1) is 14.5. The van der Waals surface area contributed by atoms with Crippen LogP contribution in [0.25, 0.3) is 0 Å². The molecule has 2 aromatic rings. The summed E-state index contributed by atoms with van der Waals surface area (Å²) >= 11 is 0. The summed E-state index contributed by atoms with van der Waals surface area (Å²) in [4.78, 5) is 37.5. The molecule has 1 aliphatic heterocycles. The molecular formula is C24H28N2O4. The summed E-state index contributed by atoms with van der Waals surface area (Å²) < 4.78 is 0. The Morgan fingerprint density at radius 2 is 1.87 bits per heavy atom. The van der Waals surface area contributed by atoms with Gasteiger partial charge in [0, 0.05) is 37.2 Å². The van der Waals surface area contributed by atoms with Gasteiger partial charge in [0.1, 0.15) is 0 Å². The second-order valence-electron chi connectivity index (χ2n) is 7.71. The fourth-order valence-electron chi connectivity index (χ4n) is 3.77. The smallest absolute Gasteiger partial charge is 0.303 e. The highest BCUT2D eigenvalue weighted by atomic mass is 16.4. The molecule has 0 atom stereocenters. The number of carboxylic acids is 1. The lowest BCUT2D eigenvalue weighted by Crippen LogP contribution is -2.32. The molecule has 2 aromatic carbocycles. The van der Waals surface area contributed by atoms with Crippen molar-refractivity contribution in [2.45, 2.75) is 52.0 Å². The summed E-state index contributed by atoms with van der Waals surface area (Å²) in [7, 11) is 0. The van der Waals surface area contributed by atoms with Gasteiger partial charge in [0.25, 0.3) is 5.91 Å². The minimum Gasteiger partial charge on any atom is -0.481 e. The maximum atomic E-state index is 13.2. The van der Waals surface area contributed by atoms with Crippen LogP contribution in [0.2, 0.25) is 0 Å². The number of hydrogen-bond acceptors (Lipinski definition) is 3. The summed E-state index contributed by atoms with van der Waals surface area (Å²) in [5.74, 6) is -1.07. The number of carbonyl (C=O) groups excluding carboxylic acids is 2. The van der Waals surface area contributed by atoms with Crippen molar-refractivity contribution < 1.29 is 19.5 Å². The second-order valence-corrected chi connectivity index (χ2v) is 7.71. The van der Waals surface area contributed by atoms with E-state index in [0.717, 1.165) is 36.1 Å². The third kappa shape index (κ3) is 5.47. The van der Waals surface area contributed by atoms with Gasteiger partial charge in [-0.1, -0.05) is 24.3 Å². The third-order valence-electron chi connectivity index (χ3n) is 5.47. The first kappa shape index (κ1) is 21.6. The zero-order chi connectivity index (χ0) is 21.5. The first-order valence-corrected chi connectivity index (χ1v) is 10.4. The molecule has 1 heterocycles. The number of anilines is 1. The molecule has 0 spiro atoms. The van der Waals surface area contributed by atoms with Gasteiger partial charge in [-0.15, -0.1) is 0 Å². The summed E-state index contributed by atoms with van der Waals surface area (Å²) in [6.07, 6.45) is 3.55. The second kappa shape index (κ2) is 10.1. The van der Waals surface area contributed by atoms with Crippen LogP contribution in [0.5, 0.6) is 0 Å². The summed E-state index contributed by atoms with van der Waals surface area (Å²) in [6, 6.07) is 13.7. The molecule has 0 aliphatic carbocycles. The molecule has 0 unspecified atom stereocenters. The number of nitrogens with zero attached hydrogens (tertiary/aromatic N) is 1. The van der Waals surface area contributed by atoms with Gasteiger partial charge < -0.3 is 15.3 Å². The van der Waals surface area contributed by atoms with Crippen LogP contribution < -0.4 is 10.2 Å². The van der Waals surface area contributed by atoms with Crippen molar-refractivity contribution in [3.8, 4) is 0 Å². The molecule has 158 valence electrons. The fraction of sp³-hybridized carbons (Fsp3) is 0.375. The summed E-state index contributed by atoms with van der Waals surface area (Å²) in [5.41, 5.74) is 4.72. The van der Waals surface area contributed by atoms with E-state index in [1.165, 1.54) is 5.56 Å². The zero-order valence-electron chi connectivity index (χ0n) is 17.3. The molecule has 6 heteroatoms. The van der Waals surface area contributed by atoms with Gasteiger partial charge in [0.05, 0.1) is 0 Å². The van der Waals surface area contributed by atoms with Gasteiger partial charge in [0.2, 0.25) is 5.91 Å². The average Bonchev–Trinajstić information content (AvgIpc) is 2.94. The lowest BCUT2D eigenvalue weighted by atomic mass is 10.0. The highest BCUT2D eigenvalue weighted by molar-refractivity contribution is 6.06. The van der Waals surface area contributed by atoms with Crippen LogP contribution in [0.1, 0.15) is 59.2 Å². The largest absolute Gasteiger partial charge is 0.481 e. The number of fused-ring (bicyclic) bond motifs is 1. The number of aryl methyl sites for hydroxylation is 2. The Hall–Kier alpha value is -3.15. The van der Waals surface area contributed by atoms with Crippen LogP contribution in [-0.2, 0) is 22.6 Å². The van der Waals surface area contributed by atoms with E-state index in [-0.39, 0.29) is 24.7 Å². The Kier molecular flexibility index (Phi) is 7.22. The number of carboxylic acid groups (broad SMARTS) is 1. The lowest BCUT2D eigenvalue weighted by molar-refractivity contribution is -0.137. The molecule has 0 saturated heterocycles. The Bertz CT molecular complexity index is 939. The number of carbonyl (C=O) groups is 3. The van der Waals surface area contributed by atoms with E-state index in [1.54, 1.807) is 0 Å². The van der Waals surface area contributed by atoms with Crippen LogP contribution in [-0.4, -0.2) is 29.4 Å². The highest BCUT2D eigenvalue weighted by Gasteiger charge is 2.22. The van der Waals surface area contributed by atoms with Gasteiger partial charge in [-0.2, -0.15) is 0 Å². The van der Waals surface area contributed by atoms with E-state index < -0.39 is 5.97 Å². The summed E-state index contributed by atoms with van der Waals surface area (Å²) in [5, 5.41) is 11.5. The highest BCUT2D eigenvalue weighted by Crippen LogP contribution is 2.28. The number of benzene rings is 2. The van der Waals surface area contributed by atoms with Crippen LogP contribution in [0.3, 0.4) is 0 Å². The molecule has 0 radical (unpaired) electrons. The van der Waals surface area contributed by atoms with E-state index in [2.05, 4.69) is 11.4 Å². The quantitative estimate of drug-likeness (QED) is 0.729. The molecular weight excluding hydrogens is 380 g/mol. The number of nitrogens with one attached hydrogen (secondary N) is 1. The topological polar surface area (TPSA) is 86.7 Å². The minimum absolute atomic E-state index is 0.00305. The number of aliphatic carboxylic acids is 1. The van der Waals surface area contributed by atoms with Crippen molar-refractivity contribution >= 4 is 23.5 Å². The van der Waals surface area contributed by atoms with E-state index in [4.69, 9.17) is 5.11 Å². The molecule has 0 fully saturated rings. The molecule has 6 nitrogen and oxygen atoms in total.